The number of benzene rings is 2. The molecular formula is C21H22N2O4S2. The fraction of sp³-hybridized carbons (Fsp3) is 0.238. The SMILES string of the molecule is CCOc1cccc(Sc2cnc(NC(=O)Cc3ccc(OC)c(OC)c3)s2)c1. The number of aromatic nitrogens is 1. The lowest BCUT2D eigenvalue weighted by molar-refractivity contribution is -0.115. The van der Waals surface area contributed by atoms with Crippen LogP contribution in [0.15, 0.2) is 57.8 Å². The van der Waals surface area contributed by atoms with Gasteiger partial charge < -0.3 is 19.5 Å². The first kappa shape index (κ1) is 21.0. The van der Waals surface area contributed by atoms with Crippen molar-refractivity contribution < 1.29 is 19.0 Å². The van der Waals surface area contributed by atoms with E-state index in [-0.39, 0.29) is 12.3 Å². The highest BCUT2D eigenvalue weighted by Crippen LogP contribution is 2.35. The summed E-state index contributed by atoms with van der Waals surface area (Å²) in [5.74, 6) is 1.93. The topological polar surface area (TPSA) is 69.7 Å². The van der Waals surface area contributed by atoms with Crippen LogP contribution in [0.4, 0.5) is 5.13 Å². The van der Waals surface area contributed by atoms with Crippen molar-refractivity contribution in [1.82, 2.24) is 4.98 Å². The Morgan fingerprint density at radius 1 is 1.14 bits per heavy atom. The summed E-state index contributed by atoms with van der Waals surface area (Å²) in [4.78, 5) is 17.7. The summed E-state index contributed by atoms with van der Waals surface area (Å²) < 4.78 is 17.0. The van der Waals surface area contributed by atoms with Gasteiger partial charge in [-0.2, -0.15) is 0 Å². The molecule has 2 aromatic carbocycles. The van der Waals surface area contributed by atoms with E-state index in [9.17, 15) is 4.79 Å². The van der Waals surface area contributed by atoms with Crippen molar-refractivity contribution in [2.75, 3.05) is 26.1 Å². The molecule has 1 aromatic heterocycles. The van der Waals surface area contributed by atoms with Gasteiger partial charge in [0.2, 0.25) is 5.91 Å². The van der Waals surface area contributed by atoms with Gasteiger partial charge in [-0.1, -0.05) is 35.2 Å². The quantitative estimate of drug-likeness (QED) is 0.521. The third-order valence-electron chi connectivity index (χ3n) is 3.88. The molecule has 0 aliphatic carbocycles. The Bertz CT molecular complexity index is 975. The van der Waals surface area contributed by atoms with E-state index in [0.29, 0.717) is 23.2 Å². The Hall–Kier alpha value is -2.71. The summed E-state index contributed by atoms with van der Waals surface area (Å²) in [6, 6.07) is 13.3. The van der Waals surface area contributed by atoms with Crippen molar-refractivity contribution in [3.05, 3.63) is 54.2 Å². The van der Waals surface area contributed by atoms with Gasteiger partial charge in [-0.05, 0) is 42.8 Å². The van der Waals surface area contributed by atoms with Gasteiger partial charge in [0.05, 0.1) is 37.7 Å². The predicted molar refractivity (Wildman–Crippen MR) is 116 cm³/mol. The summed E-state index contributed by atoms with van der Waals surface area (Å²) in [6.07, 6.45) is 1.98. The van der Waals surface area contributed by atoms with Gasteiger partial charge in [-0.3, -0.25) is 4.79 Å². The van der Waals surface area contributed by atoms with E-state index in [1.54, 1.807) is 44.3 Å². The standard InChI is InChI=1S/C21H22N2O4S2/c1-4-27-15-6-5-7-16(12-15)28-20-13-22-21(29-20)23-19(24)11-14-8-9-17(25-2)18(10-14)26-3/h5-10,12-13H,4,11H2,1-3H3,(H,22,23,24). The van der Waals surface area contributed by atoms with Crippen LogP contribution < -0.4 is 19.5 Å². The van der Waals surface area contributed by atoms with Gasteiger partial charge >= 0.3 is 0 Å². The monoisotopic (exact) mass is 430 g/mol. The smallest absolute Gasteiger partial charge is 0.230 e. The Morgan fingerprint density at radius 3 is 2.72 bits per heavy atom. The molecule has 3 aromatic rings. The van der Waals surface area contributed by atoms with E-state index in [1.807, 2.05) is 37.3 Å². The Balaban J connectivity index is 1.59. The number of anilines is 1. The molecule has 0 aliphatic rings. The summed E-state index contributed by atoms with van der Waals surface area (Å²) in [6.45, 7) is 2.59. The summed E-state index contributed by atoms with van der Waals surface area (Å²) in [5.41, 5.74) is 0.832. The maximum absolute atomic E-state index is 12.4. The molecule has 0 atom stereocenters. The number of ether oxygens (including phenoxy) is 3. The maximum atomic E-state index is 12.4. The summed E-state index contributed by atoms with van der Waals surface area (Å²) in [5, 5.41) is 3.42. The minimum absolute atomic E-state index is 0.138. The lowest BCUT2D eigenvalue weighted by atomic mass is 10.1. The molecule has 0 spiro atoms. The highest BCUT2D eigenvalue weighted by Gasteiger charge is 2.11. The molecule has 0 radical (unpaired) electrons. The number of hydrogen-bond acceptors (Lipinski definition) is 7. The molecule has 1 amide bonds. The molecule has 0 bridgehead atoms. The minimum Gasteiger partial charge on any atom is -0.494 e. The molecule has 152 valence electrons. The van der Waals surface area contributed by atoms with Crippen molar-refractivity contribution in [3.63, 3.8) is 0 Å². The molecule has 0 aliphatic heterocycles. The molecule has 1 N–H and O–H groups in total. The first-order valence-corrected chi connectivity index (χ1v) is 10.6. The van der Waals surface area contributed by atoms with E-state index in [4.69, 9.17) is 14.2 Å². The van der Waals surface area contributed by atoms with Crippen LogP contribution in [0.25, 0.3) is 0 Å². The molecule has 0 unspecified atom stereocenters. The molecular weight excluding hydrogens is 408 g/mol. The first-order valence-electron chi connectivity index (χ1n) is 8.98. The summed E-state index contributed by atoms with van der Waals surface area (Å²) in [7, 11) is 3.15. The van der Waals surface area contributed by atoms with E-state index in [1.165, 1.54) is 11.3 Å². The lowest BCUT2D eigenvalue weighted by Gasteiger charge is -2.09. The van der Waals surface area contributed by atoms with Gasteiger partial charge in [-0.25, -0.2) is 4.98 Å². The number of nitrogens with one attached hydrogen (secondary N) is 1. The Morgan fingerprint density at radius 2 is 1.97 bits per heavy atom. The van der Waals surface area contributed by atoms with Crippen LogP contribution in [-0.4, -0.2) is 31.7 Å². The van der Waals surface area contributed by atoms with Crippen LogP contribution in [-0.2, 0) is 11.2 Å². The van der Waals surface area contributed by atoms with E-state index >= 15 is 0 Å². The number of carbonyl (C=O) groups excluding carboxylic acids is 1. The highest BCUT2D eigenvalue weighted by molar-refractivity contribution is 8.01. The van der Waals surface area contributed by atoms with Crippen molar-refractivity contribution in [3.8, 4) is 17.2 Å². The van der Waals surface area contributed by atoms with Gasteiger partial charge in [0.1, 0.15) is 5.75 Å². The van der Waals surface area contributed by atoms with Crippen molar-refractivity contribution >= 4 is 34.1 Å². The van der Waals surface area contributed by atoms with Gasteiger partial charge in [0.25, 0.3) is 0 Å². The number of thiazole rings is 1. The normalized spacial score (nSPS) is 10.4. The average molecular weight is 431 g/mol. The third-order valence-corrected chi connectivity index (χ3v) is 5.88. The van der Waals surface area contributed by atoms with Crippen molar-refractivity contribution in [2.24, 2.45) is 0 Å². The number of amides is 1. The highest BCUT2D eigenvalue weighted by atomic mass is 32.2. The van der Waals surface area contributed by atoms with E-state index in [0.717, 1.165) is 20.4 Å². The molecule has 6 nitrogen and oxygen atoms in total. The number of methoxy groups -OCH3 is 2. The van der Waals surface area contributed by atoms with Gasteiger partial charge in [0.15, 0.2) is 16.6 Å². The van der Waals surface area contributed by atoms with Gasteiger partial charge in [0, 0.05) is 4.90 Å². The minimum atomic E-state index is -0.138. The molecule has 8 heteroatoms. The largest absolute Gasteiger partial charge is 0.494 e. The van der Waals surface area contributed by atoms with Crippen LogP contribution in [0.2, 0.25) is 0 Å². The van der Waals surface area contributed by atoms with Crippen molar-refractivity contribution in [2.45, 2.75) is 22.4 Å². The van der Waals surface area contributed by atoms with Gasteiger partial charge in [-0.15, -0.1) is 0 Å². The van der Waals surface area contributed by atoms with E-state index < -0.39 is 0 Å². The third kappa shape index (κ3) is 5.88. The van der Waals surface area contributed by atoms with Crippen LogP contribution in [0.1, 0.15) is 12.5 Å². The number of rotatable bonds is 9. The number of nitrogens with zero attached hydrogens (tertiary/aromatic N) is 1. The summed E-state index contributed by atoms with van der Waals surface area (Å²) >= 11 is 3.02. The molecule has 0 saturated heterocycles. The molecule has 3 rings (SSSR count). The fourth-order valence-corrected chi connectivity index (χ4v) is 4.53. The second-order valence-electron chi connectivity index (χ2n) is 5.91. The average Bonchev–Trinajstić information content (AvgIpc) is 3.14. The zero-order chi connectivity index (χ0) is 20.6. The molecule has 0 fully saturated rings. The Kier molecular flexibility index (Phi) is 7.37. The van der Waals surface area contributed by atoms with Crippen molar-refractivity contribution in [1.29, 1.82) is 0 Å². The van der Waals surface area contributed by atoms with Crippen LogP contribution >= 0.6 is 23.1 Å². The second-order valence-corrected chi connectivity index (χ2v) is 8.31. The second kappa shape index (κ2) is 10.2. The van der Waals surface area contributed by atoms with E-state index in [2.05, 4.69) is 10.3 Å². The number of hydrogen-bond donors (Lipinski definition) is 1. The molecule has 0 saturated carbocycles. The lowest BCUT2D eigenvalue weighted by Crippen LogP contribution is -2.14. The molecule has 29 heavy (non-hydrogen) atoms. The van der Waals surface area contributed by atoms with Crippen LogP contribution in [0.5, 0.6) is 17.2 Å². The van der Waals surface area contributed by atoms with Crippen LogP contribution in [0.3, 0.4) is 0 Å². The molecule has 1 heterocycles. The van der Waals surface area contributed by atoms with Crippen LogP contribution in [0, 0.1) is 0 Å². The fourth-order valence-electron chi connectivity index (χ4n) is 2.61. The first-order chi connectivity index (χ1) is 14.1. The predicted octanol–water partition coefficient (Wildman–Crippen LogP) is 4.89. The zero-order valence-electron chi connectivity index (χ0n) is 16.4. The zero-order valence-corrected chi connectivity index (χ0v) is 18.1. The number of carbonyl (C=O) groups is 1. The Labute approximate surface area is 178 Å². The maximum Gasteiger partial charge on any atom is 0.230 e.